The predicted octanol–water partition coefficient (Wildman–Crippen LogP) is 1.92. The van der Waals surface area contributed by atoms with Crippen LogP contribution in [0, 0.1) is 0 Å². The van der Waals surface area contributed by atoms with Crippen LogP contribution in [0.2, 0.25) is 0 Å². The molecule has 1 fully saturated rings. The summed E-state index contributed by atoms with van der Waals surface area (Å²) in [5, 5.41) is 3.49. The molecule has 6 nitrogen and oxygen atoms in total. The number of likely N-dealkylation sites (tertiary alicyclic amines) is 1. The maximum absolute atomic E-state index is 12.1. The molecule has 1 unspecified atom stereocenters. The monoisotopic (exact) mass is 373 g/mol. The van der Waals surface area contributed by atoms with Gasteiger partial charge in [-0.3, -0.25) is 14.7 Å². The van der Waals surface area contributed by atoms with Crippen molar-refractivity contribution in [2.45, 2.75) is 32.7 Å². The van der Waals surface area contributed by atoms with Crippen LogP contribution in [-0.4, -0.2) is 86.5 Å². The van der Waals surface area contributed by atoms with Crippen molar-refractivity contribution in [1.29, 1.82) is 0 Å². The number of aliphatic imine (C=N–C) groups is 1. The molecule has 0 aromatic heterocycles. The molecule has 0 aliphatic carbocycles. The highest BCUT2D eigenvalue weighted by Gasteiger charge is 2.27. The molecule has 1 aliphatic heterocycles. The van der Waals surface area contributed by atoms with Crippen molar-refractivity contribution in [1.82, 2.24) is 20.0 Å². The van der Waals surface area contributed by atoms with Gasteiger partial charge in [-0.1, -0.05) is 26.0 Å². The second-order valence-corrected chi connectivity index (χ2v) is 7.23. The van der Waals surface area contributed by atoms with Crippen LogP contribution < -0.4 is 5.32 Å². The van der Waals surface area contributed by atoms with Crippen LogP contribution in [0.15, 0.2) is 29.3 Å². The van der Waals surface area contributed by atoms with Crippen LogP contribution in [0.1, 0.15) is 36.2 Å². The average Bonchev–Trinajstić information content (AvgIpc) is 3.15. The van der Waals surface area contributed by atoms with E-state index >= 15 is 0 Å². The van der Waals surface area contributed by atoms with E-state index in [9.17, 15) is 4.79 Å². The summed E-state index contributed by atoms with van der Waals surface area (Å²) in [5.41, 5.74) is 1.90. The highest BCUT2D eigenvalue weighted by atomic mass is 16.2. The van der Waals surface area contributed by atoms with Gasteiger partial charge in [0.25, 0.3) is 5.91 Å². The summed E-state index contributed by atoms with van der Waals surface area (Å²) < 4.78 is 0. The number of nitrogens with zero attached hydrogens (tertiary/aromatic N) is 4. The molecule has 0 spiro atoms. The van der Waals surface area contributed by atoms with E-state index in [-0.39, 0.29) is 5.91 Å². The third-order valence-electron chi connectivity index (χ3n) is 5.28. The molecular formula is C21H35N5O. The molecule has 0 saturated carbocycles. The lowest BCUT2D eigenvalue weighted by Gasteiger charge is -2.27. The first-order valence-corrected chi connectivity index (χ1v) is 10.00. The molecule has 1 heterocycles. The molecular weight excluding hydrogens is 338 g/mol. The summed E-state index contributed by atoms with van der Waals surface area (Å²) >= 11 is 0. The highest BCUT2D eigenvalue weighted by Crippen LogP contribution is 2.15. The van der Waals surface area contributed by atoms with E-state index < -0.39 is 0 Å². The maximum Gasteiger partial charge on any atom is 0.253 e. The molecule has 1 aromatic carbocycles. The third-order valence-corrected chi connectivity index (χ3v) is 5.28. The molecule has 0 bridgehead atoms. The molecule has 0 radical (unpaired) electrons. The minimum absolute atomic E-state index is 0.0418. The Kier molecular flexibility index (Phi) is 8.10. The van der Waals surface area contributed by atoms with E-state index in [1.54, 1.807) is 19.0 Å². The van der Waals surface area contributed by atoms with Crippen molar-refractivity contribution < 1.29 is 4.79 Å². The Labute approximate surface area is 164 Å². The van der Waals surface area contributed by atoms with Gasteiger partial charge in [0.2, 0.25) is 0 Å². The predicted molar refractivity (Wildman–Crippen MR) is 112 cm³/mol. The number of nitrogens with one attached hydrogen (secondary N) is 1. The van der Waals surface area contributed by atoms with Gasteiger partial charge in [-0.15, -0.1) is 0 Å². The Hall–Kier alpha value is -2.08. The van der Waals surface area contributed by atoms with Crippen molar-refractivity contribution in [2.24, 2.45) is 4.99 Å². The van der Waals surface area contributed by atoms with Crippen LogP contribution in [0.5, 0.6) is 0 Å². The van der Waals surface area contributed by atoms with E-state index in [1.807, 2.05) is 25.2 Å². The number of carbonyl (C=O) groups excluding carboxylic acids is 1. The summed E-state index contributed by atoms with van der Waals surface area (Å²) in [6.07, 6.45) is 2.05. The SMILES string of the molecule is CCN(CC)C1CCN(C(=NC)NCCc2cccc(C(=O)N(C)C)c2)C1. The molecule has 1 amide bonds. The number of benzene rings is 1. The number of rotatable bonds is 7. The fourth-order valence-electron chi connectivity index (χ4n) is 3.74. The molecule has 1 N–H and O–H groups in total. The lowest BCUT2D eigenvalue weighted by atomic mass is 10.1. The topological polar surface area (TPSA) is 51.2 Å². The van der Waals surface area contributed by atoms with Crippen LogP contribution in [0.25, 0.3) is 0 Å². The van der Waals surface area contributed by atoms with E-state index in [4.69, 9.17) is 0 Å². The van der Waals surface area contributed by atoms with Crippen LogP contribution in [0.4, 0.5) is 0 Å². The van der Waals surface area contributed by atoms with E-state index in [0.29, 0.717) is 6.04 Å². The minimum atomic E-state index is 0.0418. The van der Waals surface area contributed by atoms with Crippen molar-refractivity contribution in [3.05, 3.63) is 35.4 Å². The summed E-state index contributed by atoms with van der Waals surface area (Å²) in [6.45, 7) is 9.55. The van der Waals surface area contributed by atoms with Crippen LogP contribution in [-0.2, 0) is 6.42 Å². The van der Waals surface area contributed by atoms with E-state index in [0.717, 1.165) is 56.2 Å². The molecule has 27 heavy (non-hydrogen) atoms. The molecule has 1 saturated heterocycles. The zero-order valence-corrected chi connectivity index (χ0v) is 17.5. The normalized spacial score (nSPS) is 17.5. The number of amides is 1. The smallest absolute Gasteiger partial charge is 0.253 e. The average molecular weight is 374 g/mol. The fourth-order valence-corrected chi connectivity index (χ4v) is 3.74. The Balaban J connectivity index is 1.87. The van der Waals surface area contributed by atoms with Gasteiger partial charge in [-0.25, -0.2) is 0 Å². The second kappa shape index (κ2) is 10.3. The van der Waals surface area contributed by atoms with Crippen LogP contribution in [0.3, 0.4) is 0 Å². The number of guanidine groups is 1. The Morgan fingerprint density at radius 3 is 2.67 bits per heavy atom. The highest BCUT2D eigenvalue weighted by molar-refractivity contribution is 5.94. The van der Waals surface area contributed by atoms with Gasteiger partial charge >= 0.3 is 0 Å². The minimum Gasteiger partial charge on any atom is -0.356 e. The Morgan fingerprint density at radius 2 is 2.04 bits per heavy atom. The fraction of sp³-hybridized carbons (Fsp3) is 0.619. The first-order valence-electron chi connectivity index (χ1n) is 10.00. The van der Waals surface area contributed by atoms with Gasteiger partial charge in [0.1, 0.15) is 0 Å². The van der Waals surface area contributed by atoms with Crippen molar-refractivity contribution >= 4 is 11.9 Å². The molecule has 1 atom stereocenters. The Bertz CT molecular complexity index is 639. The quantitative estimate of drug-likeness (QED) is 0.586. The summed E-state index contributed by atoms with van der Waals surface area (Å²) in [5.74, 6) is 1.02. The van der Waals surface area contributed by atoms with Gasteiger partial charge in [0.15, 0.2) is 5.96 Å². The Morgan fingerprint density at radius 1 is 1.30 bits per heavy atom. The molecule has 1 aromatic rings. The number of hydrogen-bond donors (Lipinski definition) is 1. The number of carbonyl (C=O) groups is 1. The van der Waals surface area contributed by atoms with Crippen molar-refractivity contribution in [2.75, 3.05) is 53.9 Å². The van der Waals surface area contributed by atoms with Gasteiger partial charge in [-0.05, 0) is 43.6 Å². The standard InChI is InChI=1S/C21H35N5O/c1-6-25(7-2)19-12-14-26(16-19)21(22-3)23-13-11-17-9-8-10-18(15-17)20(27)24(4)5/h8-10,15,19H,6-7,11-14,16H2,1-5H3,(H,22,23). The molecule has 1 aliphatic rings. The van der Waals surface area contributed by atoms with E-state index in [2.05, 4.69) is 40.0 Å². The summed E-state index contributed by atoms with van der Waals surface area (Å²) in [4.78, 5) is 23.1. The lowest BCUT2D eigenvalue weighted by Crippen LogP contribution is -2.43. The first kappa shape index (κ1) is 21.2. The number of hydrogen-bond acceptors (Lipinski definition) is 3. The van der Waals surface area contributed by atoms with Crippen molar-refractivity contribution in [3.8, 4) is 0 Å². The van der Waals surface area contributed by atoms with E-state index in [1.165, 1.54) is 6.42 Å². The lowest BCUT2D eigenvalue weighted by molar-refractivity contribution is 0.0827. The van der Waals surface area contributed by atoms with Gasteiger partial charge in [0, 0.05) is 52.4 Å². The summed E-state index contributed by atoms with van der Waals surface area (Å²) in [7, 11) is 5.41. The molecule has 150 valence electrons. The first-order chi connectivity index (χ1) is 13.0. The van der Waals surface area contributed by atoms with Crippen molar-refractivity contribution in [3.63, 3.8) is 0 Å². The maximum atomic E-state index is 12.1. The molecule has 2 rings (SSSR count). The van der Waals surface area contributed by atoms with Crippen LogP contribution >= 0.6 is 0 Å². The second-order valence-electron chi connectivity index (χ2n) is 7.23. The zero-order valence-electron chi connectivity index (χ0n) is 17.5. The van der Waals surface area contributed by atoms with Gasteiger partial charge in [0.05, 0.1) is 0 Å². The number of likely N-dealkylation sites (N-methyl/N-ethyl adjacent to an activating group) is 1. The summed E-state index contributed by atoms with van der Waals surface area (Å²) in [6, 6.07) is 8.50. The zero-order chi connectivity index (χ0) is 19.8. The molecule has 6 heteroatoms. The van der Waals surface area contributed by atoms with Gasteiger partial charge < -0.3 is 15.1 Å². The largest absolute Gasteiger partial charge is 0.356 e. The van der Waals surface area contributed by atoms with Gasteiger partial charge in [-0.2, -0.15) is 0 Å². The third kappa shape index (κ3) is 5.70.